The van der Waals surface area contributed by atoms with E-state index in [0.29, 0.717) is 17.7 Å². The number of nitrogens with one attached hydrogen (secondary N) is 1. The second-order valence-corrected chi connectivity index (χ2v) is 6.24. The lowest BCUT2D eigenvalue weighted by Gasteiger charge is -2.06. The summed E-state index contributed by atoms with van der Waals surface area (Å²) in [6, 6.07) is 7.96. The van der Waals surface area contributed by atoms with Crippen molar-refractivity contribution in [3.63, 3.8) is 0 Å². The summed E-state index contributed by atoms with van der Waals surface area (Å²) in [5.74, 6) is 0.910. The summed E-state index contributed by atoms with van der Waals surface area (Å²) >= 11 is 5.85. The van der Waals surface area contributed by atoms with Crippen molar-refractivity contribution in [2.45, 2.75) is 13.5 Å². The van der Waals surface area contributed by atoms with Crippen LogP contribution >= 0.6 is 11.6 Å². The second-order valence-electron chi connectivity index (χ2n) is 5.91. The SMILES string of the molecule is Cc1cn(C)c(-c2ccc(Cn3c(=O)[nH]c4cnc(Cl)nc43)cc2)n1. The fourth-order valence-electron chi connectivity index (χ4n) is 2.90. The first-order valence-corrected chi connectivity index (χ1v) is 8.09. The van der Waals surface area contributed by atoms with Crippen LogP contribution in [-0.4, -0.2) is 29.1 Å². The van der Waals surface area contributed by atoms with Gasteiger partial charge in [-0.25, -0.2) is 14.8 Å². The largest absolute Gasteiger partial charge is 0.334 e. The molecule has 0 amide bonds. The first-order chi connectivity index (χ1) is 12.0. The molecule has 7 nitrogen and oxygen atoms in total. The summed E-state index contributed by atoms with van der Waals surface area (Å²) in [5, 5.41) is 0.112. The van der Waals surface area contributed by atoms with Gasteiger partial charge in [0.1, 0.15) is 11.3 Å². The highest BCUT2D eigenvalue weighted by Gasteiger charge is 2.11. The van der Waals surface area contributed by atoms with Crippen molar-refractivity contribution in [1.82, 2.24) is 29.1 Å². The van der Waals surface area contributed by atoms with Gasteiger partial charge in [0.25, 0.3) is 0 Å². The van der Waals surface area contributed by atoms with Crippen LogP contribution in [0.3, 0.4) is 0 Å². The van der Waals surface area contributed by atoms with Crippen molar-refractivity contribution in [3.8, 4) is 11.4 Å². The maximum atomic E-state index is 12.2. The quantitative estimate of drug-likeness (QED) is 0.573. The van der Waals surface area contributed by atoms with Crippen LogP contribution in [0.15, 0.2) is 41.5 Å². The normalized spacial score (nSPS) is 11.3. The van der Waals surface area contributed by atoms with E-state index in [-0.39, 0.29) is 11.0 Å². The Morgan fingerprint density at radius 3 is 2.64 bits per heavy atom. The molecule has 1 aromatic carbocycles. The van der Waals surface area contributed by atoms with Crippen LogP contribution in [-0.2, 0) is 13.6 Å². The van der Waals surface area contributed by atoms with Crippen molar-refractivity contribution >= 4 is 22.8 Å². The Morgan fingerprint density at radius 2 is 1.96 bits per heavy atom. The highest BCUT2D eigenvalue weighted by Crippen LogP contribution is 2.19. The monoisotopic (exact) mass is 354 g/mol. The van der Waals surface area contributed by atoms with E-state index in [0.717, 1.165) is 22.6 Å². The topological polar surface area (TPSA) is 81.4 Å². The molecule has 0 aliphatic heterocycles. The lowest BCUT2D eigenvalue weighted by atomic mass is 10.1. The Kier molecular flexibility index (Phi) is 3.65. The first kappa shape index (κ1) is 15.6. The van der Waals surface area contributed by atoms with E-state index in [2.05, 4.69) is 19.9 Å². The number of aryl methyl sites for hydroxylation is 2. The van der Waals surface area contributed by atoms with Gasteiger partial charge in [0.15, 0.2) is 5.65 Å². The number of nitrogens with zero attached hydrogens (tertiary/aromatic N) is 5. The molecule has 0 aliphatic rings. The van der Waals surface area contributed by atoms with Crippen molar-refractivity contribution in [2.75, 3.05) is 0 Å². The predicted molar refractivity (Wildman–Crippen MR) is 95.6 cm³/mol. The van der Waals surface area contributed by atoms with E-state index >= 15 is 0 Å². The average molecular weight is 355 g/mol. The zero-order chi connectivity index (χ0) is 17.6. The number of benzene rings is 1. The molecule has 0 saturated carbocycles. The zero-order valence-electron chi connectivity index (χ0n) is 13.7. The van der Waals surface area contributed by atoms with Crippen LogP contribution < -0.4 is 5.69 Å². The number of hydrogen-bond donors (Lipinski definition) is 1. The van der Waals surface area contributed by atoms with E-state index in [9.17, 15) is 4.79 Å². The lowest BCUT2D eigenvalue weighted by molar-refractivity contribution is 0.777. The Balaban J connectivity index is 1.68. The van der Waals surface area contributed by atoms with Crippen LogP contribution in [0.4, 0.5) is 0 Å². The molecule has 0 radical (unpaired) electrons. The van der Waals surface area contributed by atoms with Crippen molar-refractivity contribution in [1.29, 1.82) is 0 Å². The molecule has 25 heavy (non-hydrogen) atoms. The third kappa shape index (κ3) is 2.83. The molecule has 1 N–H and O–H groups in total. The van der Waals surface area contributed by atoms with Gasteiger partial charge in [-0.2, -0.15) is 4.98 Å². The smallest absolute Gasteiger partial charge is 0.328 e. The Labute approximate surface area is 148 Å². The van der Waals surface area contributed by atoms with Crippen LogP contribution in [0.2, 0.25) is 5.28 Å². The molecule has 0 aliphatic carbocycles. The van der Waals surface area contributed by atoms with E-state index in [4.69, 9.17) is 11.6 Å². The first-order valence-electron chi connectivity index (χ1n) is 7.71. The Hall–Kier alpha value is -2.93. The number of H-pyrrole nitrogens is 1. The van der Waals surface area contributed by atoms with Crippen LogP contribution in [0.1, 0.15) is 11.3 Å². The third-order valence-corrected chi connectivity index (χ3v) is 4.21. The predicted octanol–water partition coefficient (Wildman–Crippen LogP) is 2.53. The fraction of sp³-hybridized carbons (Fsp3) is 0.176. The van der Waals surface area contributed by atoms with Gasteiger partial charge in [-0.1, -0.05) is 24.3 Å². The number of aromatic amines is 1. The minimum atomic E-state index is -0.240. The molecule has 0 bridgehead atoms. The number of halogens is 1. The van der Waals surface area contributed by atoms with Crippen LogP contribution in [0.25, 0.3) is 22.6 Å². The van der Waals surface area contributed by atoms with Gasteiger partial charge in [0, 0.05) is 18.8 Å². The molecule has 8 heteroatoms. The van der Waals surface area contributed by atoms with E-state index < -0.39 is 0 Å². The van der Waals surface area contributed by atoms with Crippen molar-refractivity contribution in [3.05, 3.63) is 63.7 Å². The molecule has 0 unspecified atom stereocenters. The number of imidazole rings is 2. The molecule has 3 aromatic heterocycles. The maximum absolute atomic E-state index is 12.2. The molecule has 3 heterocycles. The highest BCUT2D eigenvalue weighted by molar-refractivity contribution is 6.28. The molecule has 4 aromatic rings. The molecule has 0 atom stereocenters. The minimum Gasteiger partial charge on any atom is -0.334 e. The summed E-state index contributed by atoms with van der Waals surface area (Å²) in [4.78, 5) is 27.5. The van der Waals surface area contributed by atoms with E-state index in [1.54, 1.807) is 4.57 Å². The van der Waals surface area contributed by atoms with Crippen LogP contribution in [0, 0.1) is 6.92 Å². The van der Waals surface area contributed by atoms with E-state index in [1.807, 2.05) is 49.0 Å². The van der Waals surface area contributed by atoms with E-state index in [1.165, 1.54) is 6.20 Å². The third-order valence-electron chi connectivity index (χ3n) is 4.03. The van der Waals surface area contributed by atoms with Gasteiger partial charge in [-0.3, -0.25) is 4.57 Å². The standard InChI is InChI=1S/C17H15ClN6O/c1-10-8-23(2)14(20-10)12-5-3-11(4-6-12)9-24-15-13(21-17(24)25)7-19-16(18)22-15/h3-8H,9H2,1-2H3,(H,21,25). The molecule has 0 spiro atoms. The van der Waals surface area contributed by atoms with Gasteiger partial charge in [0.2, 0.25) is 5.28 Å². The fourth-order valence-corrected chi connectivity index (χ4v) is 3.03. The van der Waals surface area contributed by atoms with Gasteiger partial charge in [-0.05, 0) is 24.1 Å². The maximum Gasteiger partial charge on any atom is 0.328 e. The summed E-state index contributed by atoms with van der Waals surface area (Å²) < 4.78 is 3.54. The Morgan fingerprint density at radius 1 is 1.20 bits per heavy atom. The molecule has 0 fully saturated rings. The van der Waals surface area contributed by atoms with Crippen molar-refractivity contribution in [2.24, 2.45) is 7.05 Å². The lowest BCUT2D eigenvalue weighted by Crippen LogP contribution is -2.17. The summed E-state index contributed by atoms with van der Waals surface area (Å²) in [7, 11) is 1.97. The van der Waals surface area contributed by atoms with Crippen LogP contribution in [0.5, 0.6) is 0 Å². The van der Waals surface area contributed by atoms with Gasteiger partial charge >= 0.3 is 5.69 Å². The number of rotatable bonds is 3. The van der Waals surface area contributed by atoms with Gasteiger partial charge < -0.3 is 9.55 Å². The van der Waals surface area contributed by atoms with Gasteiger partial charge in [0.05, 0.1) is 18.4 Å². The average Bonchev–Trinajstić information content (AvgIpc) is 3.07. The Bertz CT molecular complexity index is 1120. The molecular weight excluding hydrogens is 340 g/mol. The molecule has 126 valence electrons. The zero-order valence-corrected chi connectivity index (χ0v) is 14.4. The van der Waals surface area contributed by atoms with Gasteiger partial charge in [-0.15, -0.1) is 0 Å². The molecule has 4 rings (SSSR count). The summed E-state index contributed by atoms with van der Waals surface area (Å²) in [6.07, 6.45) is 3.49. The number of aromatic nitrogens is 6. The number of fused-ring (bicyclic) bond motifs is 1. The molecule has 0 saturated heterocycles. The number of hydrogen-bond acceptors (Lipinski definition) is 4. The second kappa shape index (κ2) is 5.86. The summed E-state index contributed by atoms with van der Waals surface area (Å²) in [6.45, 7) is 2.36. The summed E-state index contributed by atoms with van der Waals surface area (Å²) in [5.41, 5.74) is 3.80. The molecular formula is C17H15ClN6O. The minimum absolute atomic E-state index is 0.112. The highest BCUT2D eigenvalue weighted by atomic mass is 35.5. The van der Waals surface area contributed by atoms with Crippen molar-refractivity contribution < 1.29 is 0 Å².